The number of hydrogen-bond donors (Lipinski definition) is 2. The van der Waals surface area contributed by atoms with Gasteiger partial charge in [0, 0.05) is 22.8 Å². The van der Waals surface area contributed by atoms with Crippen LogP contribution in [0.3, 0.4) is 0 Å². The zero-order valence-electron chi connectivity index (χ0n) is 30.1. The summed E-state index contributed by atoms with van der Waals surface area (Å²) in [4.78, 5) is 17.1. The normalized spacial score (nSPS) is 10.8. The summed E-state index contributed by atoms with van der Waals surface area (Å²) in [5.74, 6) is 0. The van der Waals surface area contributed by atoms with Crippen molar-refractivity contribution in [1.29, 1.82) is 0 Å². The first-order valence-corrected chi connectivity index (χ1v) is 18.5. The average Bonchev–Trinajstić information content (AvgIpc) is 3.26. The van der Waals surface area contributed by atoms with Gasteiger partial charge < -0.3 is 10.0 Å². The van der Waals surface area contributed by atoms with Crippen LogP contribution in [0.1, 0.15) is 0 Å². The van der Waals surface area contributed by atoms with E-state index in [2.05, 4.69) is 135 Å². The Morgan fingerprint density at radius 3 is 1.07 bits per heavy atom. The first-order valence-electron chi connectivity index (χ1n) is 18.1. The molecular formula is C48H34BClN4O2. The number of benzene rings is 8. The molecule has 0 unspecified atom stereocenters. The van der Waals surface area contributed by atoms with Gasteiger partial charge in [-0.05, 0) is 72.8 Å². The molecule has 56 heavy (non-hydrogen) atoms. The minimum absolute atomic E-state index is 0.461. The van der Waals surface area contributed by atoms with Crippen LogP contribution in [0.2, 0.25) is 5.15 Å². The fourth-order valence-electron chi connectivity index (χ4n) is 6.58. The molecule has 0 fully saturated rings. The van der Waals surface area contributed by atoms with Gasteiger partial charge in [-0.1, -0.05) is 163 Å². The van der Waals surface area contributed by atoms with Crippen molar-refractivity contribution < 1.29 is 10.0 Å². The number of nitrogens with zero attached hydrogens (tertiary/aromatic N) is 4. The maximum absolute atomic E-state index is 8.94. The zero-order chi connectivity index (χ0) is 38.3. The second kappa shape index (κ2) is 16.7. The molecule has 10 rings (SSSR count). The summed E-state index contributed by atoms with van der Waals surface area (Å²) in [6.45, 7) is 0. The van der Waals surface area contributed by atoms with Gasteiger partial charge in [0.05, 0.1) is 17.1 Å². The number of aromatic nitrogens is 4. The predicted molar refractivity (Wildman–Crippen MR) is 232 cm³/mol. The third kappa shape index (κ3) is 8.46. The monoisotopic (exact) mass is 744 g/mol. The van der Waals surface area contributed by atoms with E-state index in [0.717, 1.165) is 44.5 Å². The second-order valence-corrected chi connectivity index (χ2v) is 13.6. The molecule has 0 aliphatic rings. The third-order valence-electron chi connectivity index (χ3n) is 9.51. The van der Waals surface area contributed by atoms with Gasteiger partial charge in [0.2, 0.25) is 0 Å². The van der Waals surface area contributed by atoms with Crippen LogP contribution in [-0.4, -0.2) is 37.1 Å². The van der Waals surface area contributed by atoms with E-state index in [1.165, 1.54) is 38.6 Å². The molecule has 0 aliphatic heterocycles. The number of rotatable bonds is 4. The van der Waals surface area contributed by atoms with Crippen molar-refractivity contribution in [1.82, 2.24) is 19.9 Å². The molecule has 0 aliphatic carbocycles. The van der Waals surface area contributed by atoms with Gasteiger partial charge in [-0.25, -0.2) is 19.9 Å². The summed E-state index contributed by atoms with van der Waals surface area (Å²) in [7, 11) is -1.38. The maximum Gasteiger partial charge on any atom is 0.488 e. The summed E-state index contributed by atoms with van der Waals surface area (Å²) in [6.07, 6.45) is 3.13. The fraction of sp³-hybridized carbons (Fsp3) is 0. The number of fused-ring (bicyclic) bond motifs is 4. The van der Waals surface area contributed by atoms with Crippen LogP contribution in [0.25, 0.3) is 76.9 Å². The summed E-state index contributed by atoms with van der Waals surface area (Å²) in [5, 5.41) is 27.8. The van der Waals surface area contributed by atoms with Crippen LogP contribution in [0.4, 0.5) is 0 Å². The largest absolute Gasteiger partial charge is 0.488 e. The highest BCUT2D eigenvalue weighted by molar-refractivity contribution is 6.58. The lowest BCUT2D eigenvalue weighted by molar-refractivity contribution is 0.426. The molecule has 8 heteroatoms. The van der Waals surface area contributed by atoms with E-state index in [-0.39, 0.29) is 0 Å². The van der Waals surface area contributed by atoms with Gasteiger partial charge in [0.15, 0.2) is 0 Å². The summed E-state index contributed by atoms with van der Waals surface area (Å²) < 4.78 is 0. The van der Waals surface area contributed by atoms with Crippen molar-refractivity contribution in [2.24, 2.45) is 0 Å². The van der Waals surface area contributed by atoms with Gasteiger partial charge in [0.25, 0.3) is 0 Å². The molecule has 0 spiro atoms. The Bertz CT molecular complexity index is 2860. The highest BCUT2D eigenvalue weighted by Gasteiger charge is 2.10. The van der Waals surface area contributed by atoms with Crippen LogP contribution in [-0.2, 0) is 0 Å². The average molecular weight is 745 g/mol. The van der Waals surface area contributed by atoms with Crippen molar-refractivity contribution in [3.8, 4) is 33.8 Å². The van der Waals surface area contributed by atoms with Gasteiger partial charge in [-0.2, -0.15) is 0 Å². The molecule has 2 N–H and O–H groups in total. The summed E-state index contributed by atoms with van der Waals surface area (Å²) in [6, 6.07) is 61.1. The first-order chi connectivity index (χ1) is 27.5. The van der Waals surface area contributed by atoms with E-state index in [1.54, 1.807) is 24.5 Å². The smallest absolute Gasteiger partial charge is 0.423 e. The Hall–Kier alpha value is -6.77. The summed E-state index contributed by atoms with van der Waals surface area (Å²) >= 11 is 5.86. The highest BCUT2D eigenvalue weighted by atomic mass is 35.5. The minimum Gasteiger partial charge on any atom is -0.423 e. The quantitative estimate of drug-likeness (QED) is 0.138. The Morgan fingerprint density at radius 1 is 0.339 bits per heavy atom. The van der Waals surface area contributed by atoms with Crippen LogP contribution in [0, 0.1) is 0 Å². The van der Waals surface area contributed by atoms with E-state index in [0.29, 0.717) is 10.6 Å². The second-order valence-electron chi connectivity index (χ2n) is 13.2. The lowest BCUT2D eigenvalue weighted by atomic mass is 9.79. The molecule has 10 aromatic rings. The Labute approximate surface area is 329 Å². The van der Waals surface area contributed by atoms with Crippen molar-refractivity contribution in [2.75, 3.05) is 0 Å². The molecule has 0 bridgehead atoms. The van der Waals surface area contributed by atoms with Crippen LogP contribution < -0.4 is 5.46 Å². The molecule has 0 saturated carbocycles. The molecule has 2 aromatic heterocycles. The molecule has 6 nitrogen and oxygen atoms in total. The van der Waals surface area contributed by atoms with Gasteiger partial charge in [0.1, 0.15) is 17.8 Å². The maximum atomic E-state index is 8.94. The molecule has 0 atom stereocenters. The van der Waals surface area contributed by atoms with E-state index >= 15 is 0 Å². The molecular weight excluding hydrogens is 711 g/mol. The molecule has 2 heterocycles. The standard InChI is InChI=1S/C24H16N2.C14H9ClN2.C10H9BO2/c1-3-7-19-13-21(11-9-17(19)5-1)23-15-24(26-16-25-23)22-12-10-18-6-2-4-8-20(18)14-22;15-14-8-13(16-9-17-14)12-6-5-10-3-1-2-4-11(10)7-12;12-11(13)10-6-5-8-3-1-2-4-9(8)7-10/h1-16H;1-9H;1-7,12-13H. The highest BCUT2D eigenvalue weighted by Crippen LogP contribution is 2.28. The molecule has 0 radical (unpaired) electrons. The van der Waals surface area contributed by atoms with Crippen molar-refractivity contribution >= 4 is 67.3 Å². The molecule has 0 saturated heterocycles. The molecule has 268 valence electrons. The van der Waals surface area contributed by atoms with E-state index < -0.39 is 7.12 Å². The SMILES string of the molecule is Clc1cc(-c2ccc3ccccc3c2)ncn1.OB(O)c1ccc2ccccc2c1.c1ccc2cc(-c3cc(-c4ccc5ccccc5c4)ncn3)ccc2c1. The van der Waals surface area contributed by atoms with Crippen LogP contribution in [0.5, 0.6) is 0 Å². The third-order valence-corrected chi connectivity index (χ3v) is 9.71. The van der Waals surface area contributed by atoms with E-state index in [1.807, 2.05) is 48.5 Å². The van der Waals surface area contributed by atoms with Gasteiger partial charge >= 0.3 is 7.12 Å². The zero-order valence-corrected chi connectivity index (χ0v) is 30.9. The molecule has 8 aromatic carbocycles. The predicted octanol–water partition coefficient (Wildman–Crippen LogP) is 10.6. The van der Waals surface area contributed by atoms with E-state index in [9.17, 15) is 0 Å². The number of halogens is 1. The van der Waals surface area contributed by atoms with Crippen LogP contribution >= 0.6 is 11.6 Å². The van der Waals surface area contributed by atoms with Gasteiger partial charge in [-0.3, -0.25) is 0 Å². The molecule has 0 amide bonds. The van der Waals surface area contributed by atoms with Gasteiger partial charge in [-0.15, -0.1) is 0 Å². The fourth-order valence-corrected chi connectivity index (χ4v) is 6.73. The lowest BCUT2D eigenvalue weighted by Gasteiger charge is -2.07. The Morgan fingerprint density at radius 2 is 0.679 bits per heavy atom. The van der Waals surface area contributed by atoms with Crippen molar-refractivity contribution in [3.63, 3.8) is 0 Å². The lowest BCUT2D eigenvalue weighted by Crippen LogP contribution is -2.29. The van der Waals surface area contributed by atoms with E-state index in [4.69, 9.17) is 21.6 Å². The van der Waals surface area contributed by atoms with Crippen LogP contribution in [0.15, 0.2) is 195 Å². The summed E-state index contributed by atoms with van der Waals surface area (Å²) in [5.41, 5.74) is 6.51. The van der Waals surface area contributed by atoms with Crippen molar-refractivity contribution in [3.05, 3.63) is 200 Å². The first kappa shape index (κ1) is 36.2. The van der Waals surface area contributed by atoms with Crippen molar-refractivity contribution in [2.45, 2.75) is 0 Å². The number of hydrogen-bond acceptors (Lipinski definition) is 6. The Kier molecular flexibility index (Phi) is 10.8. The Balaban J connectivity index is 0.000000127. The topological polar surface area (TPSA) is 92.0 Å². The minimum atomic E-state index is -1.38.